The van der Waals surface area contributed by atoms with Crippen LogP contribution >= 0.6 is 11.3 Å². The van der Waals surface area contributed by atoms with E-state index in [1.165, 1.54) is 4.88 Å². The average Bonchev–Trinajstić information content (AvgIpc) is 2.63. The molecule has 0 aliphatic carbocycles. The van der Waals surface area contributed by atoms with Crippen molar-refractivity contribution in [1.82, 2.24) is 10.3 Å². The summed E-state index contributed by atoms with van der Waals surface area (Å²) in [5, 5.41) is 13.2. The summed E-state index contributed by atoms with van der Waals surface area (Å²) >= 11 is 1.76. The van der Waals surface area contributed by atoms with Crippen molar-refractivity contribution in [3.05, 3.63) is 16.1 Å². The lowest BCUT2D eigenvalue weighted by molar-refractivity contribution is 0.268. The van der Waals surface area contributed by atoms with Crippen LogP contribution in [0.25, 0.3) is 0 Å². The number of aliphatic hydroxyl groups is 1. The fourth-order valence-electron chi connectivity index (χ4n) is 1.23. The van der Waals surface area contributed by atoms with Gasteiger partial charge in [-0.1, -0.05) is 13.8 Å². The van der Waals surface area contributed by atoms with Gasteiger partial charge in [0, 0.05) is 30.3 Å². The molecule has 0 aromatic carbocycles. The molecule has 0 saturated heterocycles. The Morgan fingerprint density at radius 2 is 2.20 bits per heavy atom. The Labute approximate surface area is 95.6 Å². The van der Waals surface area contributed by atoms with E-state index < -0.39 is 0 Å². The molecule has 0 saturated carbocycles. The molecule has 0 spiro atoms. The maximum atomic E-state index is 8.76. The SMILES string of the molecule is CC(CCO)NCc1ncc(C(C)C)s1. The van der Waals surface area contributed by atoms with Crippen LogP contribution in [0, 0.1) is 0 Å². The van der Waals surface area contributed by atoms with Crippen LogP contribution in [0.4, 0.5) is 0 Å². The first-order valence-corrected chi connectivity index (χ1v) is 6.24. The molecule has 1 heterocycles. The Kier molecular flexibility index (Phi) is 5.22. The van der Waals surface area contributed by atoms with Gasteiger partial charge in [0.2, 0.25) is 0 Å². The van der Waals surface area contributed by atoms with Crippen LogP contribution in [0.3, 0.4) is 0 Å². The number of hydrogen-bond acceptors (Lipinski definition) is 4. The molecule has 1 aromatic rings. The first-order chi connectivity index (χ1) is 7.13. The highest BCUT2D eigenvalue weighted by atomic mass is 32.1. The third kappa shape index (κ3) is 4.28. The standard InChI is InChI=1S/C11H20N2OS/c1-8(2)10-6-13-11(15-10)7-12-9(3)4-5-14/h6,8-9,12,14H,4-5,7H2,1-3H3. The van der Waals surface area contributed by atoms with Crippen LogP contribution in [-0.2, 0) is 6.54 Å². The summed E-state index contributed by atoms with van der Waals surface area (Å²) in [6, 6.07) is 0.349. The quantitative estimate of drug-likeness (QED) is 0.784. The Balaban J connectivity index is 2.37. The summed E-state index contributed by atoms with van der Waals surface area (Å²) in [7, 11) is 0. The minimum absolute atomic E-state index is 0.239. The van der Waals surface area contributed by atoms with Gasteiger partial charge >= 0.3 is 0 Å². The Hall–Kier alpha value is -0.450. The number of thiazole rings is 1. The van der Waals surface area contributed by atoms with Gasteiger partial charge in [-0.3, -0.25) is 0 Å². The molecule has 1 unspecified atom stereocenters. The molecular weight excluding hydrogens is 208 g/mol. The molecular formula is C11H20N2OS. The highest BCUT2D eigenvalue weighted by molar-refractivity contribution is 7.11. The van der Waals surface area contributed by atoms with Crippen LogP contribution in [0.1, 0.15) is 43.0 Å². The van der Waals surface area contributed by atoms with E-state index in [2.05, 4.69) is 31.1 Å². The second-order valence-electron chi connectivity index (χ2n) is 4.11. The summed E-state index contributed by atoms with van der Waals surface area (Å²) in [5.41, 5.74) is 0. The predicted molar refractivity (Wildman–Crippen MR) is 64.2 cm³/mol. The lowest BCUT2D eigenvalue weighted by atomic mass is 10.2. The molecule has 15 heavy (non-hydrogen) atoms. The smallest absolute Gasteiger partial charge is 0.107 e. The molecule has 0 radical (unpaired) electrons. The molecule has 0 amide bonds. The van der Waals surface area contributed by atoms with Crippen molar-refractivity contribution in [2.75, 3.05) is 6.61 Å². The molecule has 0 aliphatic rings. The number of rotatable bonds is 6. The molecule has 1 atom stereocenters. The molecule has 1 aromatic heterocycles. The molecule has 0 bridgehead atoms. The first kappa shape index (κ1) is 12.6. The highest BCUT2D eigenvalue weighted by Gasteiger charge is 2.06. The van der Waals surface area contributed by atoms with E-state index in [1.807, 2.05) is 6.20 Å². The summed E-state index contributed by atoms with van der Waals surface area (Å²) in [5.74, 6) is 0.561. The number of nitrogens with one attached hydrogen (secondary N) is 1. The van der Waals surface area contributed by atoms with Crippen LogP contribution in [0.15, 0.2) is 6.20 Å². The van der Waals surface area contributed by atoms with E-state index in [0.29, 0.717) is 12.0 Å². The monoisotopic (exact) mass is 228 g/mol. The van der Waals surface area contributed by atoms with Gasteiger partial charge in [-0.25, -0.2) is 4.98 Å². The molecule has 1 rings (SSSR count). The molecule has 0 fully saturated rings. The van der Waals surface area contributed by atoms with Crippen molar-refractivity contribution in [3.63, 3.8) is 0 Å². The third-order valence-corrected chi connectivity index (χ3v) is 3.60. The van der Waals surface area contributed by atoms with Crippen LogP contribution in [0.5, 0.6) is 0 Å². The number of aromatic nitrogens is 1. The lowest BCUT2D eigenvalue weighted by Gasteiger charge is -2.10. The average molecular weight is 228 g/mol. The van der Waals surface area contributed by atoms with Crippen LogP contribution < -0.4 is 5.32 Å². The zero-order chi connectivity index (χ0) is 11.3. The van der Waals surface area contributed by atoms with Gasteiger partial charge in [0.25, 0.3) is 0 Å². The van der Waals surface area contributed by atoms with E-state index in [-0.39, 0.29) is 6.61 Å². The van der Waals surface area contributed by atoms with E-state index in [9.17, 15) is 0 Å². The van der Waals surface area contributed by atoms with E-state index in [4.69, 9.17) is 5.11 Å². The summed E-state index contributed by atoms with van der Waals surface area (Å²) < 4.78 is 0. The van der Waals surface area contributed by atoms with Crippen molar-refractivity contribution in [2.24, 2.45) is 0 Å². The number of hydrogen-bond donors (Lipinski definition) is 2. The van der Waals surface area contributed by atoms with Gasteiger partial charge < -0.3 is 10.4 Å². The number of aliphatic hydroxyl groups excluding tert-OH is 1. The fraction of sp³-hybridized carbons (Fsp3) is 0.727. The Bertz CT molecular complexity index is 286. The van der Waals surface area contributed by atoms with E-state index in [1.54, 1.807) is 11.3 Å². The van der Waals surface area contributed by atoms with E-state index in [0.717, 1.165) is 18.0 Å². The van der Waals surface area contributed by atoms with Crippen molar-refractivity contribution in [3.8, 4) is 0 Å². The van der Waals surface area contributed by atoms with Gasteiger partial charge in [0.05, 0.1) is 0 Å². The van der Waals surface area contributed by atoms with Gasteiger partial charge in [0.15, 0.2) is 0 Å². The van der Waals surface area contributed by atoms with Crippen LogP contribution in [-0.4, -0.2) is 22.7 Å². The van der Waals surface area contributed by atoms with Crippen molar-refractivity contribution in [2.45, 2.75) is 45.7 Å². The molecule has 0 aliphatic heterocycles. The predicted octanol–water partition coefficient (Wildman–Crippen LogP) is 2.13. The Morgan fingerprint density at radius 1 is 1.47 bits per heavy atom. The fourth-order valence-corrected chi connectivity index (χ4v) is 2.10. The van der Waals surface area contributed by atoms with Crippen molar-refractivity contribution < 1.29 is 5.11 Å². The first-order valence-electron chi connectivity index (χ1n) is 5.42. The van der Waals surface area contributed by atoms with Crippen molar-refractivity contribution >= 4 is 11.3 Å². The summed E-state index contributed by atoms with van der Waals surface area (Å²) in [4.78, 5) is 5.70. The Morgan fingerprint density at radius 3 is 2.73 bits per heavy atom. The molecule has 86 valence electrons. The highest BCUT2D eigenvalue weighted by Crippen LogP contribution is 2.21. The summed E-state index contributed by atoms with van der Waals surface area (Å²) in [6.07, 6.45) is 2.76. The van der Waals surface area contributed by atoms with Gasteiger partial charge in [-0.15, -0.1) is 11.3 Å². The third-order valence-electron chi connectivity index (χ3n) is 2.30. The minimum Gasteiger partial charge on any atom is -0.396 e. The zero-order valence-electron chi connectivity index (χ0n) is 9.66. The molecule has 2 N–H and O–H groups in total. The molecule has 4 heteroatoms. The van der Waals surface area contributed by atoms with Crippen LogP contribution in [0.2, 0.25) is 0 Å². The maximum Gasteiger partial charge on any atom is 0.107 e. The lowest BCUT2D eigenvalue weighted by Crippen LogP contribution is -2.26. The second-order valence-corrected chi connectivity index (χ2v) is 5.25. The van der Waals surface area contributed by atoms with E-state index >= 15 is 0 Å². The number of nitrogens with zero attached hydrogens (tertiary/aromatic N) is 1. The summed E-state index contributed by atoms with van der Waals surface area (Å²) in [6.45, 7) is 7.48. The largest absolute Gasteiger partial charge is 0.396 e. The maximum absolute atomic E-state index is 8.76. The molecule has 3 nitrogen and oxygen atoms in total. The minimum atomic E-state index is 0.239. The van der Waals surface area contributed by atoms with Gasteiger partial charge in [-0.2, -0.15) is 0 Å². The van der Waals surface area contributed by atoms with Crippen molar-refractivity contribution in [1.29, 1.82) is 0 Å². The zero-order valence-corrected chi connectivity index (χ0v) is 10.5. The van der Waals surface area contributed by atoms with Gasteiger partial charge in [0.1, 0.15) is 5.01 Å². The normalized spacial score (nSPS) is 13.4. The van der Waals surface area contributed by atoms with Gasteiger partial charge in [-0.05, 0) is 19.3 Å². The second kappa shape index (κ2) is 6.20. The topological polar surface area (TPSA) is 45.1 Å².